The van der Waals surface area contributed by atoms with Crippen LogP contribution in [0.3, 0.4) is 0 Å². The van der Waals surface area contributed by atoms with Gasteiger partial charge in [0.15, 0.2) is 0 Å². The zero-order chi connectivity index (χ0) is 14.7. The highest BCUT2D eigenvalue weighted by molar-refractivity contribution is 6.80. The highest BCUT2D eigenvalue weighted by Crippen LogP contribution is 2.31. The fraction of sp³-hybridized carbons (Fsp3) is 0.889. The second kappa shape index (κ2) is 10.6. The van der Waals surface area contributed by atoms with E-state index in [0.29, 0.717) is 0 Å². The van der Waals surface area contributed by atoms with Crippen LogP contribution in [0.1, 0.15) is 59.3 Å². The molecule has 118 valence electrons. The normalized spacial score (nSPS) is 17.9. The second-order valence-corrected chi connectivity index (χ2v) is 11.7. The number of hydrogen-bond donors (Lipinski definition) is 0. The fourth-order valence-corrected chi connectivity index (χ4v) is 9.10. The molecule has 0 radical (unpaired) electrons. The maximum absolute atomic E-state index is 2.72. The first-order valence-corrected chi connectivity index (χ1v) is 11.9. The van der Waals surface area contributed by atoms with Crippen LogP contribution in [0.25, 0.3) is 0 Å². The van der Waals surface area contributed by atoms with Crippen molar-refractivity contribution in [2.24, 2.45) is 0 Å². The maximum Gasteiger partial charge on any atom is 0.0573 e. The standard InChI is InChI=1S/C18H37NSi/c1-4-7-17-20(15-5-2,16-6-3)18-11-14-19-12-9-8-10-13-19/h4,7H,5-6,8-18H2,1-3H3. The van der Waals surface area contributed by atoms with Crippen LogP contribution >= 0.6 is 0 Å². The Morgan fingerprint density at radius 2 is 1.60 bits per heavy atom. The Morgan fingerprint density at radius 1 is 0.950 bits per heavy atom. The molecule has 1 heterocycles. The average Bonchev–Trinajstić information content (AvgIpc) is 2.47. The first-order chi connectivity index (χ1) is 9.76. The van der Waals surface area contributed by atoms with Gasteiger partial charge in [-0.2, -0.15) is 0 Å². The molecule has 0 saturated carbocycles. The van der Waals surface area contributed by atoms with Gasteiger partial charge in [-0.15, -0.1) is 0 Å². The monoisotopic (exact) mass is 295 g/mol. The molecule has 1 aliphatic rings. The van der Waals surface area contributed by atoms with E-state index in [-0.39, 0.29) is 0 Å². The number of nitrogens with zero attached hydrogens (tertiary/aromatic N) is 1. The van der Waals surface area contributed by atoms with Gasteiger partial charge in [0.05, 0.1) is 8.07 Å². The molecule has 0 aliphatic carbocycles. The Morgan fingerprint density at radius 3 is 2.15 bits per heavy atom. The minimum Gasteiger partial charge on any atom is -0.303 e. The fourth-order valence-electron chi connectivity index (χ4n) is 3.97. The van der Waals surface area contributed by atoms with E-state index in [4.69, 9.17) is 0 Å². The van der Waals surface area contributed by atoms with Crippen molar-refractivity contribution in [1.82, 2.24) is 4.90 Å². The van der Waals surface area contributed by atoms with Crippen molar-refractivity contribution in [3.8, 4) is 0 Å². The van der Waals surface area contributed by atoms with Gasteiger partial charge in [0.25, 0.3) is 0 Å². The molecule has 1 fully saturated rings. The number of hydrogen-bond acceptors (Lipinski definition) is 1. The van der Waals surface area contributed by atoms with Gasteiger partial charge in [-0.05, 0) is 51.9 Å². The summed E-state index contributed by atoms with van der Waals surface area (Å²) in [4.78, 5) is 2.72. The van der Waals surface area contributed by atoms with Gasteiger partial charge in [0, 0.05) is 0 Å². The zero-order valence-electron chi connectivity index (χ0n) is 14.3. The molecule has 0 atom stereocenters. The molecule has 1 saturated heterocycles. The van der Waals surface area contributed by atoms with Crippen LogP contribution in [0.4, 0.5) is 0 Å². The van der Waals surface area contributed by atoms with Gasteiger partial charge in [-0.3, -0.25) is 0 Å². The van der Waals surface area contributed by atoms with Gasteiger partial charge in [0.2, 0.25) is 0 Å². The number of allylic oxidation sites excluding steroid dienone is 2. The molecular weight excluding hydrogens is 258 g/mol. The Balaban J connectivity index is 2.44. The lowest BCUT2D eigenvalue weighted by Gasteiger charge is -2.32. The third-order valence-electron chi connectivity index (χ3n) is 4.98. The topological polar surface area (TPSA) is 3.24 Å². The van der Waals surface area contributed by atoms with Gasteiger partial charge < -0.3 is 4.90 Å². The van der Waals surface area contributed by atoms with Gasteiger partial charge in [-0.1, -0.05) is 63.4 Å². The SMILES string of the molecule is CC=CC[Si](CCC)(CCC)CCCN1CCCCC1. The second-order valence-electron chi connectivity index (χ2n) is 6.78. The van der Waals surface area contributed by atoms with Crippen molar-refractivity contribution in [2.45, 2.75) is 83.5 Å². The Kier molecular flexibility index (Phi) is 9.54. The van der Waals surface area contributed by atoms with Crippen LogP contribution in [0, 0.1) is 0 Å². The van der Waals surface area contributed by atoms with E-state index in [1.54, 1.807) is 18.1 Å². The molecule has 0 N–H and O–H groups in total. The van der Waals surface area contributed by atoms with Crippen molar-refractivity contribution < 1.29 is 0 Å². The van der Waals surface area contributed by atoms with E-state index in [0.717, 1.165) is 0 Å². The molecule has 1 rings (SSSR count). The lowest BCUT2D eigenvalue weighted by Crippen LogP contribution is -2.36. The minimum absolute atomic E-state index is 1.01. The molecule has 0 spiro atoms. The van der Waals surface area contributed by atoms with Crippen molar-refractivity contribution in [1.29, 1.82) is 0 Å². The van der Waals surface area contributed by atoms with Gasteiger partial charge in [-0.25, -0.2) is 0 Å². The summed E-state index contributed by atoms with van der Waals surface area (Å²) in [6.07, 6.45) is 13.3. The first-order valence-electron chi connectivity index (χ1n) is 9.10. The first kappa shape index (κ1) is 18.0. The smallest absolute Gasteiger partial charge is 0.0573 e. The average molecular weight is 296 g/mol. The summed E-state index contributed by atoms with van der Waals surface area (Å²) in [7, 11) is -1.01. The summed E-state index contributed by atoms with van der Waals surface area (Å²) in [5.41, 5.74) is 0. The van der Waals surface area contributed by atoms with E-state index in [1.165, 1.54) is 64.2 Å². The minimum atomic E-state index is -1.01. The van der Waals surface area contributed by atoms with Crippen molar-refractivity contribution >= 4 is 8.07 Å². The van der Waals surface area contributed by atoms with Crippen LogP contribution in [0.2, 0.25) is 24.2 Å². The lowest BCUT2D eigenvalue weighted by atomic mass is 10.1. The van der Waals surface area contributed by atoms with Crippen LogP contribution < -0.4 is 0 Å². The highest BCUT2D eigenvalue weighted by Gasteiger charge is 2.29. The molecule has 0 bridgehead atoms. The molecule has 0 amide bonds. The van der Waals surface area contributed by atoms with Gasteiger partial charge in [0.1, 0.15) is 0 Å². The van der Waals surface area contributed by atoms with E-state index < -0.39 is 8.07 Å². The largest absolute Gasteiger partial charge is 0.303 e. The van der Waals surface area contributed by atoms with Crippen molar-refractivity contribution in [3.05, 3.63) is 12.2 Å². The Hall–Kier alpha value is -0.0831. The third kappa shape index (κ3) is 6.58. The highest BCUT2D eigenvalue weighted by atomic mass is 28.3. The summed E-state index contributed by atoms with van der Waals surface area (Å²) in [5, 5.41) is 0. The molecule has 2 heteroatoms. The van der Waals surface area contributed by atoms with Crippen molar-refractivity contribution in [3.63, 3.8) is 0 Å². The van der Waals surface area contributed by atoms with E-state index >= 15 is 0 Å². The third-order valence-corrected chi connectivity index (χ3v) is 10.6. The molecule has 1 aliphatic heterocycles. The molecule has 0 unspecified atom stereocenters. The maximum atomic E-state index is 2.72. The summed E-state index contributed by atoms with van der Waals surface area (Å²) in [5.74, 6) is 0. The summed E-state index contributed by atoms with van der Waals surface area (Å²) < 4.78 is 0. The van der Waals surface area contributed by atoms with Crippen LogP contribution in [-0.4, -0.2) is 32.6 Å². The van der Waals surface area contributed by atoms with E-state index in [9.17, 15) is 0 Å². The molecule has 20 heavy (non-hydrogen) atoms. The van der Waals surface area contributed by atoms with Crippen LogP contribution in [0.5, 0.6) is 0 Å². The number of likely N-dealkylation sites (tertiary alicyclic amines) is 1. The quantitative estimate of drug-likeness (QED) is 0.369. The Bertz CT molecular complexity index is 250. The molecule has 0 aromatic carbocycles. The predicted molar refractivity (Wildman–Crippen MR) is 95.3 cm³/mol. The van der Waals surface area contributed by atoms with Crippen LogP contribution in [0.15, 0.2) is 12.2 Å². The lowest BCUT2D eigenvalue weighted by molar-refractivity contribution is 0.229. The Labute approximate surface area is 128 Å². The van der Waals surface area contributed by atoms with Gasteiger partial charge >= 0.3 is 0 Å². The number of piperidine rings is 1. The number of rotatable bonds is 10. The predicted octanol–water partition coefficient (Wildman–Crippen LogP) is 5.71. The zero-order valence-corrected chi connectivity index (χ0v) is 15.3. The molecule has 0 aromatic rings. The van der Waals surface area contributed by atoms with E-state index in [1.807, 2.05) is 0 Å². The van der Waals surface area contributed by atoms with E-state index in [2.05, 4.69) is 37.8 Å². The molecule has 1 nitrogen and oxygen atoms in total. The van der Waals surface area contributed by atoms with Crippen molar-refractivity contribution in [2.75, 3.05) is 19.6 Å². The molecule has 0 aromatic heterocycles. The summed E-state index contributed by atoms with van der Waals surface area (Å²) in [6, 6.07) is 6.09. The summed E-state index contributed by atoms with van der Waals surface area (Å²) in [6.45, 7) is 11.1. The summed E-state index contributed by atoms with van der Waals surface area (Å²) >= 11 is 0. The molecular formula is C18H37NSi. The van der Waals surface area contributed by atoms with Crippen LogP contribution in [-0.2, 0) is 0 Å².